The molecule has 1 unspecified atom stereocenters. The zero-order valence-electron chi connectivity index (χ0n) is 81.0. The molecular weight excluding hydrogens is 1820 g/mol. The van der Waals surface area contributed by atoms with E-state index in [9.17, 15) is 24.0 Å². The van der Waals surface area contributed by atoms with Crippen LogP contribution in [0.1, 0.15) is 130 Å². The molecule has 6 bridgehead atoms. The van der Waals surface area contributed by atoms with Gasteiger partial charge in [-0.3, -0.25) is 19.2 Å². The largest absolute Gasteiger partial charge is 0.445 e. The molecule has 9 saturated heterocycles. The molecule has 1 aromatic carbocycles. The molecule has 138 heavy (non-hydrogen) atoms. The molecule has 5 amide bonds. The number of rotatable bonds is 73. The predicted octanol–water partition coefficient (Wildman–Crippen LogP) is 2.63. The summed E-state index contributed by atoms with van der Waals surface area (Å²) in [4.78, 5) is 63.3. The lowest BCUT2D eigenvalue weighted by molar-refractivity contribution is -0.214. The quantitative estimate of drug-likeness (QED) is 0.0315. The van der Waals surface area contributed by atoms with E-state index >= 15 is 0 Å². The molecule has 7 N–H and O–H groups in total. The molecule has 0 aliphatic carbocycles. The van der Waals surface area contributed by atoms with Crippen LogP contribution in [0.15, 0.2) is 59.7 Å². The van der Waals surface area contributed by atoms with Gasteiger partial charge in [0.1, 0.15) is 88.6 Å². The fourth-order valence-electron chi connectivity index (χ4n) is 17.2. The summed E-state index contributed by atoms with van der Waals surface area (Å²) < 4.78 is 172. The van der Waals surface area contributed by atoms with Gasteiger partial charge in [-0.25, -0.2) is 19.7 Å². The van der Waals surface area contributed by atoms with Crippen LogP contribution in [0, 0.1) is 5.53 Å². The maximum atomic E-state index is 14.3. The Bertz CT molecular complexity index is 4140. The number of aromatic nitrogens is 6. The maximum Gasteiger partial charge on any atom is 0.407 e. The van der Waals surface area contributed by atoms with Gasteiger partial charge in [-0.05, 0) is 72.8 Å². The molecule has 11 heterocycles. The normalized spacial score (nSPS) is 26.5. The molecule has 47 heteroatoms. The number of carbonyl (C=O) groups excluding carboxylic acids is 5. The Kier molecular flexibility index (Phi) is 44.5. The molecule has 3 aromatic rings. The van der Waals surface area contributed by atoms with Crippen LogP contribution in [-0.4, -0.2) is 391 Å². The number of nitrogens with one attached hydrogen (secondary N) is 7. The second kappa shape index (κ2) is 56.1. The highest BCUT2D eigenvalue weighted by atomic mass is 16.8. The minimum Gasteiger partial charge on any atom is -0.445 e. The summed E-state index contributed by atoms with van der Waals surface area (Å²) in [6.45, 7) is 23.9. The molecule has 0 radical (unpaired) electrons. The van der Waals surface area contributed by atoms with Crippen molar-refractivity contribution in [1.29, 1.82) is 5.53 Å². The Labute approximate surface area is 804 Å². The van der Waals surface area contributed by atoms with Gasteiger partial charge >= 0.3 is 6.09 Å². The predicted molar refractivity (Wildman–Crippen MR) is 479 cm³/mol. The van der Waals surface area contributed by atoms with Crippen LogP contribution < -0.4 is 31.9 Å². The molecule has 9 fully saturated rings. The number of nitrogens with zero attached hydrogens (tertiary/aromatic N) is 7. The van der Waals surface area contributed by atoms with Gasteiger partial charge in [0.05, 0.1) is 250 Å². The Hall–Kier alpha value is -7.29. The van der Waals surface area contributed by atoms with Crippen molar-refractivity contribution in [2.75, 3.05) is 224 Å². The van der Waals surface area contributed by atoms with E-state index in [4.69, 9.17) is 138 Å². The summed E-state index contributed by atoms with van der Waals surface area (Å²) in [6, 6.07) is 8.38. The monoisotopic (exact) mass is 1960 g/mol. The highest BCUT2D eigenvalue weighted by molar-refractivity contribution is 5.77. The molecule has 9 aliphatic heterocycles. The van der Waals surface area contributed by atoms with E-state index in [2.05, 4.69) is 57.6 Å². The van der Waals surface area contributed by atoms with Gasteiger partial charge in [-0.15, -0.1) is 10.2 Å². The first-order valence-electron chi connectivity index (χ1n) is 48.1. The number of alkyl carbamates (subject to hydrolysis) is 1. The van der Waals surface area contributed by atoms with Gasteiger partial charge in [0.15, 0.2) is 36.2 Å². The van der Waals surface area contributed by atoms with Crippen molar-refractivity contribution in [1.82, 2.24) is 61.9 Å². The highest BCUT2D eigenvalue weighted by Crippen LogP contribution is 2.50. The summed E-state index contributed by atoms with van der Waals surface area (Å²) >= 11 is 0. The van der Waals surface area contributed by atoms with Crippen molar-refractivity contribution < 1.29 is 157 Å². The zero-order valence-corrected chi connectivity index (χ0v) is 81.0. The van der Waals surface area contributed by atoms with E-state index in [-0.39, 0.29) is 140 Å². The van der Waals surface area contributed by atoms with Gasteiger partial charge in [-0.2, -0.15) is 5.11 Å². The average Bonchev–Trinajstić information content (AvgIpc) is 1.57. The van der Waals surface area contributed by atoms with Crippen molar-refractivity contribution >= 4 is 29.7 Å². The Balaban J connectivity index is 0.570. The number of benzene rings is 1. The van der Waals surface area contributed by atoms with Crippen LogP contribution >= 0.6 is 0 Å². The van der Waals surface area contributed by atoms with Crippen LogP contribution in [0.25, 0.3) is 0 Å². The smallest absolute Gasteiger partial charge is 0.407 e. The fourth-order valence-corrected chi connectivity index (χ4v) is 17.2. The van der Waals surface area contributed by atoms with Crippen LogP contribution in [0.3, 0.4) is 0 Å². The number of hydrogen-bond acceptors (Lipinski definition) is 40. The number of hydrogen-bond donors (Lipinski definition) is 7. The third kappa shape index (κ3) is 35.3. The minimum absolute atomic E-state index is 0.0190. The number of fused-ring (bicyclic) bond motifs is 12. The fraction of sp³-hybridized carbons (Fsp3) is 0.813. The second-order valence-electron chi connectivity index (χ2n) is 36.6. The molecule has 12 rings (SSSR count). The first-order chi connectivity index (χ1) is 66.8. The van der Waals surface area contributed by atoms with Crippen molar-refractivity contribution in [2.45, 2.75) is 253 Å². The molecule has 47 nitrogen and oxygen atoms in total. The third-order valence-electron chi connectivity index (χ3n) is 23.6. The lowest BCUT2D eigenvalue weighted by Crippen LogP contribution is -2.65. The standard InChI is InChI=1S/C91H146N14O33/c1-65(106)96-75-77-80(135-86(5,6)132-77)90(63-128-82(75)137-90)60-121-46-43-118-39-36-114-33-30-111-27-24-93-49-68(99-92)53-123-56-88(98-73(109)21-15-11-16-22-94-72(108)20-14-10-17-23-95-84(110)126-52-67-18-12-9-13-19-67,57-124-54-69-50-104(102-100-69)25-28-112-31-34-115-37-40-117-42-45-120-59-89-62-127-74(131-89)48-71-79(89)134-85(3,4)130-71)58-125-55-70-51-105(103-101-70)26-29-113-32-35-116-38-41-119-44-47-122-61-91-64-129-83(138-91)76(97-66(2)107)78-81(91)136-87(7,8)133-78/h9,12-13,18-19,49-51,71,74-83,92-93H,10-11,14-17,20-48,52-64H2,1-8H3,(H,94,108)(H,95,110)(H,96,106)(H,97,107)(H,98,109)/b68-49-,99-92?/t71-,74+,75-,76-,77-,78-,79-,80-,81-,82+,83+,88?,89+,90+,91+/m1/s1. The van der Waals surface area contributed by atoms with E-state index in [0.717, 1.165) is 12.0 Å². The molecule has 0 saturated carbocycles. The molecule has 2 aromatic heterocycles. The van der Waals surface area contributed by atoms with Crippen LogP contribution in [0.4, 0.5) is 4.79 Å². The summed E-state index contributed by atoms with van der Waals surface area (Å²) in [7, 11) is 0. The van der Waals surface area contributed by atoms with E-state index in [1.165, 1.54) is 13.8 Å². The summed E-state index contributed by atoms with van der Waals surface area (Å²) in [5.41, 5.74) is 6.33. The topological polar surface area (TPSA) is 514 Å². The summed E-state index contributed by atoms with van der Waals surface area (Å²) in [6.07, 6.45) is 5.34. The number of unbranched alkanes of at least 4 members (excludes halogenated alkanes) is 4. The Morgan fingerprint density at radius 2 is 0.899 bits per heavy atom. The Morgan fingerprint density at radius 1 is 0.464 bits per heavy atom. The zero-order chi connectivity index (χ0) is 97.4. The summed E-state index contributed by atoms with van der Waals surface area (Å²) in [5.74, 6) is -3.30. The van der Waals surface area contributed by atoms with Crippen LogP contribution in [-0.2, 0) is 185 Å². The van der Waals surface area contributed by atoms with E-state index < -0.39 is 94.9 Å². The molecule has 778 valence electrons. The Morgan fingerprint density at radius 3 is 1.39 bits per heavy atom. The second-order valence-corrected chi connectivity index (χ2v) is 36.6. The van der Waals surface area contributed by atoms with Crippen molar-refractivity contribution in [2.24, 2.45) is 5.11 Å². The van der Waals surface area contributed by atoms with Gasteiger partial charge < -0.3 is 165 Å². The van der Waals surface area contributed by atoms with E-state index in [1.54, 1.807) is 28.0 Å². The first-order valence-corrected chi connectivity index (χ1v) is 48.1. The van der Waals surface area contributed by atoms with Crippen LogP contribution in [0.2, 0.25) is 0 Å². The van der Waals surface area contributed by atoms with Crippen molar-refractivity contribution in [3.8, 4) is 0 Å². The molecule has 9 aliphatic rings. The number of ether oxygens (including phenoxy) is 28. The third-order valence-corrected chi connectivity index (χ3v) is 23.6. The van der Waals surface area contributed by atoms with Crippen molar-refractivity contribution in [3.05, 3.63) is 71.6 Å². The molecular formula is C91H146N14O33. The van der Waals surface area contributed by atoms with Gasteiger partial charge in [0.2, 0.25) is 23.6 Å². The van der Waals surface area contributed by atoms with Gasteiger partial charge in [0, 0.05) is 58.9 Å². The first kappa shape index (κ1) is 110. The highest BCUT2D eigenvalue weighted by Gasteiger charge is 2.68. The van der Waals surface area contributed by atoms with Crippen LogP contribution in [0.5, 0.6) is 0 Å². The average molecular weight is 1960 g/mol. The minimum atomic E-state index is -1.36. The lowest BCUT2D eigenvalue weighted by Gasteiger charge is -2.42. The molecule has 15 atom stereocenters. The molecule has 0 spiro atoms. The van der Waals surface area contributed by atoms with Gasteiger partial charge in [-0.1, -0.05) is 53.6 Å². The maximum absolute atomic E-state index is 14.3. The summed E-state index contributed by atoms with van der Waals surface area (Å²) in [5, 5.41) is 38.9. The lowest BCUT2D eigenvalue weighted by atomic mass is 9.88. The van der Waals surface area contributed by atoms with Crippen molar-refractivity contribution in [3.63, 3.8) is 0 Å². The number of amides is 5. The van der Waals surface area contributed by atoms with E-state index in [0.29, 0.717) is 228 Å². The SMILES string of the molecule is CC(=O)N[C@H]1[C@H]2OC[C@](COCCOCCOCCOCCN/C=C(/COCC(COCc3cn(CCOCCOCCOCCOC[C@@]45CO[C@@H](O4)[C@H](NC(C)=O)[C@H]4OC(C)(C)O[C@H]45)nn3)(COCc3cn(CCOCCOCCOCCOC[C@]45CO[C@H](C[C@H]6OC(C)(C)O[C@H]64)O5)nn3)NC(=O)CCCCCNC(=O)CCCCCNC(=O)OCc3ccccc3)N=N)(O2)[C@@H]2OC(C)(C)O[C@H]12. The van der Waals surface area contributed by atoms with Gasteiger partial charge in [0.25, 0.3) is 0 Å². The van der Waals surface area contributed by atoms with E-state index in [1.807, 2.05) is 71.9 Å². The number of carbonyl (C=O) groups is 5.